The van der Waals surface area contributed by atoms with E-state index in [4.69, 9.17) is 4.74 Å². The number of pyridine rings is 1. The van der Waals surface area contributed by atoms with E-state index in [9.17, 15) is 9.59 Å². The molecular formula is C21H34N4O3. The molecule has 156 valence electrons. The Labute approximate surface area is 168 Å². The van der Waals surface area contributed by atoms with Crippen molar-refractivity contribution in [3.8, 4) is 0 Å². The number of anilines is 1. The smallest absolute Gasteiger partial charge is 0.408 e. The predicted octanol–water partition coefficient (Wildman–Crippen LogP) is 2.98. The predicted molar refractivity (Wildman–Crippen MR) is 110 cm³/mol. The number of aromatic nitrogens is 1. The lowest BCUT2D eigenvalue weighted by atomic mass is 9.85. The largest absolute Gasteiger partial charge is 0.444 e. The molecule has 0 aromatic carbocycles. The van der Waals surface area contributed by atoms with E-state index in [1.54, 1.807) is 20.8 Å². The van der Waals surface area contributed by atoms with Crippen LogP contribution in [0.2, 0.25) is 0 Å². The second-order valence-electron chi connectivity index (χ2n) is 9.41. The van der Waals surface area contributed by atoms with Crippen molar-refractivity contribution in [2.45, 2.75) is 60.1 Å². The Balaban J connectivity index is 2.02. The zero-order valence-corrected chi connectivity index (χ0v) is 18.2. The number of nitrogens with one attached hydrogen (secondary N) is 1. The van der Waals surface area contributed by atoms with E-state index in [0.29, 0.717) is 13.1 Å². The molecule has 0 spiro atoms. The molecule has 2 amide bonds. The molecule has 0 saturated carbocycles. The number of ether oxygens (including phenoxy) is 1. The van der Waals surface area contributed by atoms with E-state index in [1.165, 1.54) is 0 Å². The third-order valence-electron chi connectivity index (χ3n) is 4.61. The van der Waals surface area contributed by atoms with Crippen LogP contribution >= 0.6 is 0 Å². The maximum Gasteiger partial charge on any atom is 0.408 e. The van der Waals surface area contributed by atoms with Gasteiger partial charge in [-0.2, -0.15) is 0 Å². The molecule has 0 bridgehead atoms. The first kappa shape index (κ1) is 22.0. The Hall–Kier alpha value is -2.31. The fourth-order valence-electron chi connectivity index (χ4n) is 3.17. The van der Waals surface area contributed by atoms with Crippen molar-refractivity contribution in [2.75, 3.05) is 31.1 Å². The van der Waals surface area contributed by atoms with Crippen molar-refractivity contribution >= 4 is 17.7 Å². The first-order valence-electron chi connectivity index (χ1n) is 9.83. The Morgan fingerprint density at radius 3 is 2.21 bits per heavy atom. The summed E-state index contributed by atoms with van der Waals surface area (Å²) in [5.74, 6) is -0.0658. The second-order valence-corrected chi connectivity index (χ2v) is 9.41. The number of aryl methyl sites for hydroxylation is 1. The highest BCUT2D eigenvalue weighted by Gasteiger charge is 2.37. The number of amides is 2. The number of piperazine rings is 1. The van der Waals surface area contributed by atoms with Gasteiger partial charge in [-0.1, -0.05) is 20.8 Å². The van der Waals surface area contributed by atoms with E-state index in [0.717, 1.165) is 24.5 Å². The van der Waals surface area contributed by atoms with E-state index >= 15 is 0 Å². The van der Waals surface area contributed by atoms with Crippen LogP contribution in [0, 0.1) is 12.3 Å². The Bertz CT molecular complexity index is 698. The van der Waals surface area contributed by atoms with Crippen LogP contribution < -0.4 is 10.2 Å². The Morgan fingerprint density at radius 2 is 1.71 bits per heavy atom. The van der Waals surface area contributed by atoms with E-state index in [2.05, 4.69) is 21.3 Å². The molecule has 0 radical (unpaired) electrons. The fraction of sp³-hybridized carbons (Fsp3) is 0.667. The molecule has 28 heavy (non-hydrogen) atoms. The van der Waals surface area contributed by atoms with E-state index < -0.39 is 23.2 Å². The molecule has 2 heterocycles. The molecule has 1 aliphatic rings. The molecule has 1 aromatic rings. The molecule has 1 saturated heterocycles. The summed E-state index contributed by atoms with van der Waals surface area (Å²) in [7, 11) is 0. The highest BCUT2D eigenvalue weighted by atomic mass is 16.6. The van der Waals surface area contributed by atoms with Gasteiger partial charge in [0.05, 0.1) is 0 Å². The van der Waals surface area contributed by atoms with Gasteiger partial charge in [0.2, 0.25) is 5.91 Å². The molecule has 2 rings (SSSR count). The van der Waals surface area contributed by atoms with E-state index in [-0.39, 0.29) is 5.91 Å². The van der Waals surface area contributed by atoms with Crippen LogP contribution in [0.3, 0.4) is 0 Å². The van der Waals surface area contributed by atoms with Gasteiger partial charge in [0.1, 0.15) is 11.6 Å². The quantitative estimate of drug-likeness (QED) is 0.859. The van der Waals surface area contributed by atoms with E-state index in [1.807, 2.05) is 44.9 Å². The number of hydrogen-bond acceptors (Lipinski definition) is 5. The average molecular weight is 391 g/mol. The maximum absolute atomic E-state index is 13.2. The molecule has 1 aliphatic heterocycles. The topological polar surface area (TPSA) is 74.8 Å². The summed E-state index contributed by atoms with van der Waals surface area (Å²) in [6.45, 7) is 16.0. The van der Waals surface area contributed by atoms with Gasteiger partial charge in [-0.15, -0.1) is 0 Å². The summed E-state index contributed by atoms with van der Waals surface area (Å²) in [6, 6.07) is 3.41. The monoisotopic (exact) mass is 390 g/mol. The van der Waals surface area contributed by atoms with Crippen LogP contribution in [0.1, 0.15) is 47.2 Å². The molecule has 0 unspecified atom stereocenters. The Kier molecular flexibility index (Phi) is 6.57. The minimum absolute atomic E-state index is 0.0658. The van der Waals surface area contributed by atoms with Gasteiger partial charge in [-0.3, -0.25) is 9.78 Å². The van der Waals surface area contributed by atoms with Gasteiger partial charge >= 0.3 is 6.09 Å². The van der Waals surface area contributed by atoms with Crippen LogP contribution in [0.5, 0.6) is 0 Å². The van der Waals surface area contributed by atoms with Gasteiger partial charge in [0.25, 0.3) is 0 Å². The van der Waals surface area contributed by atoms with Gasteiger partial charge in [0, 0.05) is 43.8 Å². The van der Waals surface area contributed by atoms with Crippen molar-refractivity contribution in [3.05, 3.63) is 24.0 Å². The first-order chi connectivity index (χ1) is 12.9. The zero-order valence-electron chi connectivity index (χ0n) is 18.2. The van der Waals surface area contributed by atoms with Crippen LogP contribution in [0.4, 0.5) is 10.5 Å². The Morgan fingerprint density at radius 1 is 1.11 bits per heavy atom. The third kappa shape index (κ3) is 6.11. The third-order valence-corrected chi connectivity index (χ3v) is 4.61. The molecule has 1 atom stereocenters. The summed E-state index contributed by atoms with van der Waals surface area (Å²) < 4.78 is 5.35. The van der Waals surface area contributed by atoms with Gasteiger partial charge in [-0.05, 0) is 45.2 Å². The molecular weight excluding hydrogens is 356 g/mol. The highest BCUT2D eigenvalue weighted by molar-refractivity contribution is 5.86. The molecule has 1 fully saturated rings. The molecule has 7 nitrogen and oxygen atoms in total. The van der Waals surface area contributed by atoms with Crippen LogP contribution in [-0.4, -0.2) is 59.7 Å². The number of carbonyl (C=O) groups excluding carboxylic acids is 2. The van der Waals surface area contributed by atoms with Crippen molar-refractivity contribution in [2.24, 2.45) is 5.41 Å². The average Bonchev–Trinajstić information content (AvgIpc) is 2.57. The molecule has 1 N–H and O–H groups in total. The zero-order chi connectivity index (χ0) is 21.1. The van der Waals surface area contributed by atoms with Gasteiger partial charge < -0.3 is 19.9 Å². The minimum atomic E-state index is -0.642. The highest BCUT2D eigenvalue weighted by Crippen LogP contribution is 2.23. The SMILES string of the molecule is Cc1cc(N2CCN(C(=O)[C@H](NC(=O)OC(C)(C)C)C(C)(C)C)CC2)ccn1. The number of hydrogen-bond donors (Lipinski definition) is 1. The second kappa shape index (κ2) is 8.37. The lowest BCUT2D eigenvalue weighted by Crippen LogP contribution is -2.59. The molecule has 0 aliphatic carbocycles. The summed E-state index contributed by atoms with van der Waals surface area (Å²) in [5, 5.41) is 2.79. The minimum Gasteiger partial charge on any atom is -0.444 e. The maximum atomic E-state index is 13.2. The molecule has 7 heteroatoms. The van der Waals surface area contributed by atoms with Crippen molar-refractivity contribution in [3.63, 3.8) is 0 Å². The lowest BCUT2D eigenvalue weighted by Gasteiger charge is -2.40. The fourth-order valence-corrected chi connectivity index (χ4v) is 3.17. The summed E-state index contributed by atoms with van der Waals surface area (Å²) >= 11 is 0. The van der Waals surface area contributed by atoms with Crippen molar-refractivity contribution in [1.82, 2.24) is 15.2 Å². The number of nitrogens with zero attached hydrogens (tertiary/aromatic N) is 3. The summed E-state index contributed by atoms with van der Waals surface area (Å²) in [6.07, 6.45) is 1.24. The first-order valence-corrected chi connectivity index (χ1v) is 9.83. The van der Waals surface area contributed by atoms with Gasteiger partial charge in [0.15, 0.2) is 0 Å². The van der Waals surface area contributed by atoms with Crippen LogP contribution in [0.25, 0.3) is 0 Å². The van der Waals surface area contributed by atoms with Crippen LogP contribution in [0.15, 0.2) is 18.3 Å². The number of alkyl carbamates (subject to hydrolysis) is 1. The van der Waals surface area contributed by atoms with Crippen LogP contribution in [-0.2, 0) is 9.53 Å². The lowest BCUT2D eigenvalue weighted by molar-refractivity contribution is -0.136. The summed E-state index contributed by atoms with van der Waals surface area (Å²) in [4.78, 5) is 33.7. The standard InChI is InChI=1S/C21H34N4O3/c1-15-14-16(8-9-22-15)24-10-12-25(13-11-24)18(26)17(20(2,3)4)23-19(27)28-21(5,6)7/h8-9,14,17H,10-13H2,1-7H3,(H,23,27)/t17-/m0/s1. The number of carbonyl (C=O) groups is 2. The number of rotatable bonds is 3. The van der Waals surface area contributed by atoms with Crippen molar-refractivity contribution in [1.29, 1.82) is 0 Å². The normalized spacial score (nSPS) is 16.5. The summed E-state index contributed by atoms with van der Waals surface area (Å²) in [5.41, 5.74) is 1.07. The van der Waals surface area contributed by atoms with Gasteiger partial charge in [-0.25, -0.2) is 4.79 Å². The molecule has 1 aromatic heterocycles. The van der Waals surface area contributed by atoms with Crippen molar-refractivity contribution < 1.29 is 14.3 Å².